The van der Waals surface area contributed by atoms with Crippen molar-refractivity contribution in [1.82, 2.24) is 20.1 Å². The summed E-state index contributed by atoms with van der Waals surface area (Å²) in [7, 11) is 1.90. The van der Waals surface area contributed by atoms with Crippen LogP contribution in [0.5, 0.6) is 0 Å². The number of rotatable bonds is 5. The molecule has 1 fully saturated rings. The van der Waals surface area contributed by atoms with Gasteiger partial charge in [-0.2, -0.15) is 5.26 Å². The Labute approximate surface area is 158 Å². The van der Waals surface area contributed by atoms with Crippen LogP contribution in [0.15, 0.2) is 29.4 Å². The maximum atomic E-state index is 12.3. The van der Waals surface area contributed by atoms with Gasteiger partial charge in [0, 0.05) is 12.6 Å². The Morgan fingerprint density at radius 3 is 2.81 bits per heavy atom. The Morgan fingerprint density at radius 1 is 1.35 bits per heavy atom. The summed E-state index contributed by atoms with van der Waals surface area (Å²) in [5.74, 6) is 0.874. The highest BCUT2D eigenvalue weighted by Crippen LogP contribution is 2.28. The van der Waals surface area contributed by atoms with E-state index >= 15 is 0 Å². The Morgan fingerprint density at radius 2 is 2.12 bits per heavy atom. The van der Waals surface area contributed by atoms with Gasteiger partial charge < -0.3 is 9.88 Å². The number of nitrogens with one attached hydrogen (secondary N) is 1. The molecule has 1 saturated carbocycles. The van der Waals surface area contributed by atoms with Crippen molar-refractivity contribution in [3.05, 3.63) is 29.8 Å². The smallest absolute Gasteiger partial charge is 0.231 e. The average Bonchev–Trinajstić information content (AvgIpc) is 3.01. The highest BCUT2D eigenvalue weighted by molar-refractivity contribution is 7.99. The minimum Gasteiger partial charge on any atom is -0.337 e. The highest BCUT2D eigenvalue weighted by Gasteiger charge is 2.33. The van der Waals surface area contributed by atoms with Crippen molar-refractivity contribution < 1.29 is 4.79 Å². The molecule has 1 heterocycles. The number of thioether (sulfide) groups is 1. The molecule has 3 rings (SSSR count). The molecule has 0 atom stereocenters. The van der Waals surface area contributed by atoms with Gasteiger partial charge in [0.15, 0.2) is 11.0 Å². The van der Waals surface area contributed by atoms with Crippen LogP contribution in [-0.2, 0) is 11.8 Å². The lowest BCUT2D eigenvalue weighted by molar-refractivity contribution is -0.120. The molecule has 0 unspecified atom stereocenters. The average molecular weight is 369 g/mol. The summed E-state index contributed by atoms with van der Waals surface area (Å²) in [6.07, 6.45) is 4.59. The van der Waals surface area contributed by atoms with Crippen LogP contribution in [0.1, 0.15) is 37.7 Å². The number of benzene rings is 1. The third-order valence-electron chi connectivity index (χ3n) is 4.74. The monoisotopic (exact) mass is 369 g/mol. The van der Waals surface area contributed by atoms with Gasteiger partial charge in [-0.1, -0.05) is 54.8 Å². The lowest BCUT2D eigenvalue weighted by Crippen LogP contribution is -2.49. The van der Waals surface area contributed by atoms with Crippen molar-refractivity contribution in [3.63, 3.8) is 0 Å². The molecule has 136 valence electrons. The van der Waals surface area contributed by atoms with E-state index in [1.165, 1.54) is 11.8 Å². The van der Waals surface area contributed by atoms with Gasteiger partial charge in [-0.15, -0.1) is 10.2 Å². The third kappa shape index (κ3) is 4.07. The Kier molecular flexibility index (Phi) is 5.62. The highest BCUT2D eigenvalue weighted by atomic mass is 32.2. The predicted octanol–water partition coefficient (Wildman–Crippen LogP) is 3.23. The molecular formula is C19H23N5OS. The molecule has 1 N–H and O–H groups in total. The molecule has 1 aromatic carbocycles. The van der Waals surface area contributed by atoms with Crippen LogP contribution in [-0.4, -0.2) is 32.0 Å². The first kappa shape index (κ1) is 18.5. The van der Waals surface area contributed by atoms with Crippen molar-refractivity contribution in [3.8, 4) is 17.5 Å². The number of hydrogen-bond donors (Lipinski definition) is 1. The van der Waals surface area contributed by atoms with E-state index in [1.807, 2.05) is 36.7 Å². The summed E-state index contributed by atoms with van der Waals surface area (Å²) in [4.78, 5) is 12.3. The number of nitrogens with zero attached hydrogens (tertiary/aromatic N) is 4. The van der Waals surface area contributed by atoms with E-state index < -0.39 is 5.54 Å². The van der Waals surface area contributed by atoms with Crippen molar-refractivity contribution in [2.45, 2.75) is 49.7 Å². The molecule has 0 radical (unpaired) electrons. The molecule has 0 aliphatic heterocycles. The lowest BCUT2D eigenvalue weighted by atomic mass is 9.83. The lowest BCUT2D eigenvalue weighted by Gasteiger charge is -2.31. The Hall–Kier alpha value is -2.33. The van der Waals surface area contributed by atoms with Crippen LogP contribution >= 0.6 is 11.8 Å². The molecule has 1 amide bonds. The standard InChI is InChI=1S/C19H23N5OS/c1-14-7-6-8-15(11-14)17-22-23-18(24(17)2)26-12-16(25)21-19(13-20)9-4-3-5-10-19/h6-8,11H,3-5,9-10,12H2,1-2H3,(H,21,25). The van der Waals surface area contributed by atoms with Crippen LogP contribution < -0.4 is 5.32 Å². The van der Waals surface area contributed by atoms with Crippen molar-refractivity contribution in [2.75, 3.05) is 5.75 Å². The fraction of sp³-hybridized carbons (Fsp3) is 0.474. The minimum atomic E-state index is -0.692. The molecule has 7 heteroatoms. The van der Waals surface area contributed by atoms with E-state index in [0.29, 0.717) is 5.16 Å². The summed E-state index contributed by atoms with van der Waals surface area (Å²) in [5.41, 5.74) is 1.47. The second kappa shape index (κ2) is 7.92. The fourth-order valence-electron chi connectivity index (χ4n) is 3.33. The van der Waals surface area contributed by atoms with E-state index in [-0.39, 0.29) is 11.7 Å². The second-order valence-corrected chi connectivity index (χ2v) is 7.77. The Balaban J connectivity index is 1.63. The summed E-state index contributed by atoms with van der Waals surface area (Å²) < 4.78 is 1.90. The summed E-state index contributed by atoms with van der Waals surface area (Å²) in [5, 5.41) is 21.6. The van der Waals surface area contributed by atoms with E-state index in [1.54, 1.807) is 0 Å². The van der Waals surface area contributed by atoms with Crippen molar-refractivity contribution >= 4 is 17.7 Å². The van der Waals surface area contributed by atoms with Crippen LogP contribution in [0.25, 0.3) is 11.4 Å². The molecule has 0 saturated heterocycles. The van der Waals surface area contributed by atoms with E-state index in [4.69, 9.17) is 0 Å². The molecule has 0 spiro atoms. The summed E-state index contributed by atoms with van der Waals surface area (Å²) >= 11 is 1.34. The number of aromatic nitrogens is 3. The first-order chi connectivity index (χ1) is 12.5. The normalized spacial score (nSPS) is 16.0. The summed E-state index contributed by atoms with van der Waals surface area (Å²) in [6.45, 7) is 2.04. The number of hydrogen-bond acceptors (Lipinski definition) is 5. The quantitative estimate of drug-likeness (QED) is 0.818. The van der Waals surface area contributed by atoms with E-state index in [9.17, 15) is 10.1 Å². The first-order valence-corrected chi connectivity index (χ1v) is 9.83. The SMILES string of the molecule is Cc1cccc(-c2nnc(SCC(=O)NC3(C#N)CCCCC3)n2C)c1. The molecule has 6 nitrogen and oxygen atoms in total. The maximum absolute atomic E-state index is 12.3. The maximum Gasteiger partial charge on any atom is 0.231 e. The minimum absolute atomic E-state index is 0.126. The molecule has 26 heavy (non-hydrogen) atoms. The van der Waals surface area contributed by atoms with Crippen LogP contribution in [0, 0.1) is 18.3 Å². The number of carbonyl (C=O) groups excluding carboxylic acids is 1. The zero-order chi connectivity index (χ0) is 18.6. The first-order valence-electron chi connectivity index (χ1n) is 8.84. The van der Waals surface area contributed by atoms with Crippen molar-refractivity contribution in [2.24, 2.45) is 7.05 Å². The zero-order valence-electron chi connectivity index (χ0n) is 15.2. The van der Waals surface area contributed by atoms with Gasteiger partial charge in [-0.05, 0) is 25.8 Å². The van der Waals surface area contributed by atoms with E-state index in [2.05, 4.69) is 27.6 Å². The van der Waals surface area contributed by atoms with E-state index in [0.717, 1.165) is 49.1 Å². The molecular weight excluding hydrogens is 346 g/mol. The number of aryl methyl sites for hydroxylation is 1. The zero-order valence-corrected chi connectivity index (χ0v) is 16.0. The van der Waals surface area contributed by atoms with Crippen LogP contribution in [0.4, 0.5) is 0 Å². The molecule has 0 bridgehead atoms. The predicted molar refractivity (Wildman–Crippen MR) is 101 cm³/mol. The van der Waals surface area contributed by atoms with Gasteiger partial charge in [0.1, 0.15) is 5.54 Å². The molecule has 1 aromatic heterocycles. The largest absolute Gasteiger partial charge is 0.337 e. The van der Waals surface area contributed by atoms with Crippen molar-refractivity contribution in [1.29, 1.82) is 5.26 Å². The topological polar surface area (TPSA) is 83.6 Å². The van der Waals surface area contributed by atoms with Crippen LogP contribution in [0.3, 0.4) is 0 Å². The summed E-state index contributed by atoms with van der Waals surface area (Å²) in [6, 6.07) is 10.4. The van der Waals surface area contributed by atoms with Gasteiger partial charge in [0.2, 0.25) is 5.91 Å². The number of amides is 1. The van der Waals surface area contributed by atoms with Gasteiger partial charge in [0.25, 0.3) is 0 Å². The number of nitriles is 1. The third-order valence-corrected chi connectivity index (χ3v) is 5.76. The number of carbonyl (C=O) groups is 1. The van der Waals surface area contributed by atoms with Gasteiger partial charge in [0.05, 0.1) is 11.8 Å². The Bertz CT molecular complexity index is 833. The van der Waals surface area contributed by atoms with Gasteiger partial charge in [-0.25, -0.2) is 0 Å². The molecule has 2 aromatic rings. The van der Waals surface area contributed by atoms with Gasteiger partial charge in [-0.3, -0.25) is 4.79 Å². The van der Waals surface area contributed by atoms with Gasteiger partial charge >= 0.3 is 0 Å². The van der Waals surface area contributed by atoms with Crippen LogP contribution in [0.2, 0.25) is 0 Å². The fourth-order valence-corrected chi connectivity index (χ4v) is 4.04. The molecule has 1 aliphatic rings. The molecule has 1 aliphatic carbocycles. The second-order valence-electron chi connectivity index (χ2n) is 6.83.